The van der Waals surface area contributed by atoms with Crippen molar-refractivity contribution in [3.8, 4) is 0 Å². The van der Waals surface area contributed by atoms with E-state index in [1.807, 2.05) is 0 Å². The summed E-state index contributed by atoms with van der Waals surface area (Å²) in [6, 6.07) is 12.7. The number of carboxylic acids is 1. The first-order chi connectivity index (χ1) is 10.9. The second-order valence-corrected chi connectivity index (χ2v) is 5.06. The van der Waals surface area contributed by atoms with Crippen LogP contribution >= 0.6 is 12.2 Å². The molecule has 8 heteroatoms. The van der Waals surface area contributed by atoms with Crippen LogP contribution < -0.4 is 10.6 Å². The molecule has 23 heavy (non-hydrogen) atoms. The molecule has 0 heterocycles. The van der Waals surface area contributed by atoms with Crippen molar-refractivity contribution >= 4 is 40.4 Å². The predicted molar refractivity (Wildman–Crippen MR) is 90.7 cm³/mol. The molecule has 0 aromatic heterocycles. The summed E-state index contributed by atoms with van der Waals surface area (Å²) in [7, 11) is 0. The largest absolute Gasteiger partial charge is 0.481 e. The van der Waals surface area contributed by atoms with Gasteiger partial charge in [0.1, 0.15) is 0 Å². The number of nitrogens with zero attached hydrogens (tertiary/aromatic N) is 1. The number of nitrogens with one attached hydrogen (secondary N) is 2. The number of thiocarbonyl (C=S) groups is 1. The Morgan fingerprint density at radius 3 is 1.96 bits per heavy atom. The minimum Gasteiger partial charge on any atom is -0.481 e. The molecule has 0 aliphatic heterocycles. The Morgan fingerprint density at radius 2 is 1.52 bits per heavy atom. The summed E-state index contributed by atoms with van der Waals surface area (Å²) >= 11 is 5.16. The normalized spacial score (nSPS) is 9.91. The molecule has 2 rings (SSSR count). The van der Waals surface area contributed by atoms with Crippen molar-refractivity contribution in [1.29, 1.82) is 0 Å². The van der Waals surface area contributed by atoms with Crippen molar-refractivity contribution in [2.45, 2.75) is 6.42 Å². The van der Waals surface area contributed by atoms with Crippen molar-refractivity contribution < 1.29 is 14.8 Å². The molecule has 0 bridgehead atoms. The lowest BCUT2D eigenvalue weighted by Gasteiger charge is -2.10. The molecule has 118 valence electrons. The highest BCUT2D eigenvalue weighted by molar-refractivity contribution is 7.80. The number of rotatable bonds is 5. The Bertz CT molecular complexity index is 729. The summed E-state index contributed by atoms with van der Waals surface area (Å²) < 4.78 is 0. The minimum atomic E-state index is -0.888. The van der Waals surface area contributed by atoms with Crippen LogP contribution in [0.25, 0.3) is 0 Å². The second kappa shape index (κ2) is 7.32. The van der Waals surface area contributed by atoms with Crippen LogP contribution in [0.3, 0.4) is 0 Å². The van der Waals surface area contributed by atoms with Crippen LogP contribution in [-0.4, -0.2) is 21.1 Å². The molecule has 0 radical (unpaired) electrons. The van der Waals surface area contributed by atoms with Gasteiger partial charge in [-0.05, 0) is 42.0 Å². The first-order valence-corrected chi connectivity index (χ1v) is 6.98. The van der Waals surface area contributed by atoms with Gasteiger partial charge in [-0.1, -0.05) is 12.1 Å². The monoisotopic (exact) mass is 331 g/mol. The molecular weight excluding hydrogens is 318 g/mol. The fraction of sp³-hybridized carbons (Fsp3) is 0.0667. The van der Waals surface area contributed by atoms with Gasteiger partial charge in [-0.2, -0.15) is 0 Å². The van der Waals surface area contributed by atoms with E-state index in [0.717, 1.165) is 0 Å². The van der Waals surface area contributed by atoms with Crippen molar-refractivity contribution in [3.05, 3.63) is 64.2 Å². The third-order valence-corrected chi connectivity index (χ3v) is 3.11. The lowest BCUT2D eigenvalue weighted by atomic mass is 10.1. The Kier molecular flexibility index (Phi) is 5.21. The van der Waals surface area contributed by atoms with E-state index in [4.69, 9.17) is 17.3 Å². The van der Waals surface area contributed by atoms with Crippen LogP contribution in [0.15, 0.2) is 48.5 Å². The van der Waals surface area contributed by atoms with Crippen LogP contribution in [0.5, 0.6) is 0 Å². The van der Waals surface area contributed by atoms with Crippen LogP contribution in [0.4, 0.5) is 17.1 Å². The van der Waals surface area contributed by atoms with Crippen LogP contribution in [0, 0.1) is 10.1 Å². The van der Waals surface area contributed by atoms with Gasteiger partial charge in [-0.3, -0.25) is 14.9 Å². The fourth-order valence-corrected chi connectivity index (χ4v) is 2.08. The molecule has 2 aromatic rings. The van der Waals surface area contributed by atoms with E-state index in [9.17, 15) is 14.9 Å². The van der Waals surface area contributed by atoms with Crippen molar-refractivity contribution in [3.63, 3.8) is 0 Å². The molecule has 3 N–H and O–H groups in total. The molecule has 0 saturated carbocycles. The number of anilines is 2. The smallest absolute Gasteiger partial charge is 0.307 e. The van der Waals surface area contributed by atoms with Crippen molar-refractivity contribution in [2.75, 3.05) is 10.6 Å². The van der Waals surface area contributed by atoms with Gasteiger partial charge in [0, 0.05) is 23.5 Å². The van der Waals surface area contributed by atoms with E-state index < -0.39 is 10.9 Å². The lowest BCUT2D eigenvalue weighted by molar-refractivity contribution is -0.384. The van der Waals surface area contributed by atoms with Crippen LogP contribution in [-0.2, 0) is 11.2 Å². The zero-order chi connectivity index (χ0) is 16.8. The molecule has 0 saturated heterocycles. The highest BCUT2D eigenvalue weighted by atomic mass is 32.1. The van der Waals surface area contributed by atoms with Crippen LogP contribution in [0.1, 0.15) is 5.56 Å². The molecule has 0 fully saturated rings. The Hall–Kier alpha value is -3.00. The Labute approximate surface area is 137 Å². The lowest BCUT2D eigenvalue weighted by Crippen LogP contribution is -2.19. The third-order valence-electron chi connectivity index (χ3n) is 2.90. The number of hydrogen-bond donors (Lipinski definition) is 3. The molecule has 7 nitrogen and oxygen atoms in total. The standard InChI is InChI=1S/C15H13N3O4S/c19-14(20)9-10-1-3-11(4-2-10)16-15(23)17-12-5-7-13(8-6-12)18(21)22/h1-8H,9H2,(H,19,20)(H2,16,17,23). The van der Waals surface area contributed by atoms with E-state index in [1.165, 1.54) is 12.1 Å². The quantitative estimate of drug-likeness (QED) is 0.439. The van der Waals surface area contributed by atoms with E-state index >= 15 is 0 Å². The highest BCUT2D eigenvalue weighted by Gasteiger charge is 2.05. The van der Waals surface area contributed by atoms with Gasteiger partial charge in [0.15, 0.2) is 5.11 Å². The zero-order valence-electron chi connectivity index (χ0n) is 11.9. The number of nitro benzene ring substituents is 1. The van der Waals surface area contributed by atoms with E-state index in [0.29, 0.717) is 22.1 Å². The zero-order valence-corrected chi connectivity index (χ0v) is 12.7. The number of aliphatic carboxylic acids is 1. The average Bonchev–Trinajstić information content (AvgIpc) is 2.49. The number of non-ortho nitro benzene ring substituents is 1. The maximum atomic E-state index is 10.6. The molecule has 2 aromatic carbocycles. The van der Waals surface area contributed by atoms with Gasteiger partial charge in [0.2, 0.25) is 0 Å². The van der Waals surface area contributed by atoms with Gasteiger partial charge in [-0.15, -0.1) is 0 Å². The molecule has 0 amide bonds. The predicted octanol–water partition coefficient (Wildman–Crippen LogP) is 3.03. The average molecular weight is 331 g/mol. The first-order valence-electron chi connectivity index (χ1n) is 6.57. The topological polar surface area (TPSA) is 104 Å². The summed E-state index contributed by atoms with van der Waals surface area (Å²) in [5, 5.41) is 25.5. The first kappa shape index (κ1) is 16.4. The van der Waals surface area contributed by atoms with Gasteiger partial charge in [0.25, 0.3) is 5.69 Å². The summed E-state index contributed by atoms with van der Waals surface area (Å²) in [6.45, 7) is 0. The maximum absolute atomic E-state index is 10.6. The summed E-state index contributed by atoms with van der Waals surface area (Å²) in [4.78, 5) is 20.7. The van der Waals surface area contributed by atoms with E-state index in [-0.39, 0.29) is 12.1 Å². The van der Waals surface area contributed by atoms with Gasteiger partial charge < -0.3 is 15.7 Å². The van der Waals surface area contributed by atoms with Gasteiger partial charge in [0.05, 0.1) is 11.3 Å². The number of carbonyl (C=O) groups is 1. The molecule has 0 aliphatic rings. The molecular formula is C15H13N3O4S. The number of benzene rings is 2. The molecule has 0 unspecified atom stereocenters. The second-order valence-electron chi connectivity index (χ2n) is 4.65. The molecule has 0 aliphatic carbocycles. The number of nitro groups is 1. The minimum absolute atomic E-state index is 0.00319. The highest BCUT2D eigenvalue weighted by Crippen LogP contribution is 2.16. The third kappa shape index (κ3) is 5.04. The Balaban J connectivity index is 1.93. The summed E-state index contributed by atoms with van der Waals surface area (Å²) in [6.07, 6.45) is -0.0359. The molecule has 0 spiro atoms. The van der Waals surface area contributed by atoms with Gasteiger partial charge in [-0.25, -0.2) is 0 Å². The fourth-order valence-electron chi connectivity index (χ4n) is 1.84. The maximum Gasteiger partial charge on any atom is 0.307 e. The van der Waals surface area contributed by atoms with Crippen molar-refractivity contribution in [1.82, 2.24) is 0 Å². The number of carboxylic acid groups (broad SMARTS) is 1. The van der Waals surface area contributed by atoms with Crippen molar-refractivity contribution in [2.24, 2.45) is 0 Å². The summed E-state index contributed by atoms with van der Waals surface area (Å²) in [5.41, 5.74) is 2.02. The number of hydrogen-bond acceptors (Lipinski definition) is 4. The summed E-state index contributed by atoms with van der Waals surface area (Å²) in [5.74, 6) is -0.888. The van der Waals surface area contributed by atoms with Gasteiger partial charge >= 0.3 is 5.97 Å². The molecule has 0 atom stereocenters. The van der Waals surface area contributed by atoms with E-state index in [1.54, 1.807) is 36.4 Å². The van der Waals surface area contributed by atoms with Crippen LogP contribution in [0.2, 0.25) is 0 Å². The SMILES string of the molecule is O=C(O)Cc1ccc(NC(=S)Nc2ccc([N+](=O)[O-])cc2)cc1. The van der Waals surface area contributed by atoms with E-state index in [2.05, 4.69) is 10.6 Å². The Morgan fingerprint density at radius 1 is 1.04 bits per heavy atom.